The molecule has 0 spiro atoms. The average molecular weight is 637 g/mol. The van der Waals surface area contributed by atoms with E-state index in [9.17, 15) is 39.9 Å². The predicted molar refractivity (Wildman–Crippen MR) is 177 cm³/mol. The van der Waals surface area contributed by atoms with Gasteiger partial charge in [-0.3, -0.25) is 14.4 Å². The first kappa shape index (κ1) is 36.4. The highest BCUT2D eigenvalue weighted by molar-refractivity contribution is 6.24. The summed E-state index contributed by atoms with van der Waals surface area (Å²) in [5, 5.41) is 55.9. The molecule has 1 aromatic carbocycles. The number of aliphatic hydroxyl groups is 3. The fourth-order valence-electron chi connectivity index (χ4n) is 5.62. The van der Waals surface area contributed by atoms with E-state index in [0.29, 0.717) is 19.3 Å². The van der Waals surface area contributed by atoms with Crippen LogP contribution in [-0.4, -0.2) is 54.1 Å². The molecular weight excluding hydrogens is 588 g/mol. The van der Waals surface area contributed by atoms with Gasteiger partial charge in [-0.2, -0.15) is 0 Å². The lowest BCUT2D eigenvalue weighted by atomic mass is 9.69. The molecule has 9 heteroatoms. The fourth-order valence-corrected chi connectivity index (χ4v) is 5.62. The molecule has 1 atom stereocenters. The quantitative estimate of drug-likeness (QED) is 0.0841. The number of carbonyl (C=O) groups excluding carboxylic acids is 3. The van der Waals surface area contributed by atoms with Gasteiger partial charge in [0.2, 0.25) is 0 Å². The summed E-state index contributed by atoms with van der Waals surface area (Å²) < 4.78 is 6.03. The lowest BCUT2D eigenvalue weighted by Gasteiger charge is -2.34. The number of hydrogen-bond donors (Lipinski definition) is 5. The smallest absolute Gasteiger partial charge is 0.183 e. The molecule has 0 saturated heterocycles. The van der Waals surface area contributed by atoms with E-state index in [-0.39, 0.29) is 47.3 Å². The summed E-state index contributed by atoms with van der Waals surface area (Å²) in [4.78, 5) is 40.4. The summed E-state index contributed by atoms with van der Waals surface area (Å²) in [7, 11) is 0. The van der Waals surface area contributed by atoms with E-state index in [1.807, 2.05) is 13.8 Å². The summed E-state index contributed by atoms with van der Waals surface area (Å²) in [6.07, 6.45) is 9.40. The number of phenolic OH excluding ortho intramolecular Hbond substituents is 2. The number of aliphatic hydroxyl groups excluding tert-OH is 2. The molecule has 1 heterocycles. The molecular formula is C37H48O9. The third-order valence-electron chi connectivity index (χ3n) is 8.30. The van der Waals surface area contributed by atoms with Crippen LogP contribution in [0.2, 0.25) is 0 Å². The monoisotopic (exact) mass is 636 g/mol. The highest BCUT2D eigenvalue weighted by Gasteiger charge is 2.48. The number of ketones is 3. The zero-order chi connectivity index (χ0) is 34.8. The molecule has 46 heavy (non-hydrogen) atoms. The number of allylic oxidation sites excluding steroid dienone is 6. The minimum atomic E-state index is -1.66. The molecule has 0 unspecified atom stereocenters. The van der Waals surface area contributed by atoms with Crippen molar-refractivity contribution in [3.05, 3.63) is 69.2 Å². The van der Waals surface area contributed by atoms with Gasteiger partial charge >= 0.3 is 0 Å². The Labute approximate surface area is 271 Å². The Morgan fingerprint density at radius 3 is 2.17 bits per heavy atom. The van der Waals surface area contributed by atoms with Crippen molar-refractivity contribution in [3.8, 4) is 17.2 Å². The molecule has 0 saturated carbocycles. The van der Waals surface area contributed by atoms with Gasteiger partial charge < -0.3 is 30.3 Å². The molecule has 250 valence electrons. The predicted octanol–water partition coefficient (Wildman–Crippen LogP) is 7.44. The summed E-state index contributed by atoms with van der Waals surface area (Å²) in [5.41, 5.74) is -3.44. The van der Waals surface area contributed by atoms with E-state index >= 15 is 0 Å². The summed E-state index contributed by atoms with van der Waals surface area (Å²) in [6.45, 7) is 13.7. The maximum absolute atomic E-state index is 13.9. The molecule has 0 aromatic heterocycles. The van der Waals surface area contributed by atoms with Crippen LogP contribution in [-0.2, 0) is 16.0 Å². The molecule has 0 fully saturated rings. The largest absolute Gasteiger partial charge is 0.511 e. The first-order valence-corrected chi connectivity index (χ1v) is 15.8. The lowest BCUT2D eigenvalue weighted by Crippen LogP contribution is -2.39. The zero-order valence-corrected chi connectivity index (χ0v) is 28.2. The Morgan fingerprint density at radius 1 is 0.978 bits per heavy atom. The third-order valence-corrected chi connectivity index (χ3v) is 8.30. The van der Waals surface area contributed by atoms with Crippen molar-refractivity contribution in [2.45, 2.75) is 112 Å². The van der Waals surface area contributed by atoms with E-state index in [0.717, 1.165) is 5.57 Å². The fraction of sp³-hybridized carbons (Fsp3) is 0.486. The Kier molecular flexibility index (Phi) is 10.8. The molecule has 5 N–H and O–H groups in total. The van der Waals surface area contributed by atoms with E-state index in [1.165, 1.54) is 6.92 Å². The maximum Gasteiger partial charge on any atom is 0.183 e. The number of phenols is 2. The number of Topliss-reactive ketones (excluding diaryl/α,β-unsaturated/α-hetero) is 3. The number of hydrogen-bond acceptors (Lipinski definition) is 9. The number of benzene rings is 1. The molecule has 2 aliphatic rings. The van der Waals surface area contributed by atoms with E-state index in [2.05, 4.69) is 0 Å². The van der Waals surface area contributed by atoms with E-state index in [1.54, 1.807) is 65.0 Å². The van der Waals surface area contributed by atoms with Crippen LogP contribution in [0.5, 0.6) is 17.2 Å². The molecule has 0 radical (unpaired) electrons. The molecule has 1 aromatic rings. The van der Waals surface area contributed by atoms with Crippen molar-refractivity contribution >= 4 is 23.4 Å². The van der Waals surface area contributed by atoms with Crippen molar-refractivity contribution in [2.75, 3.05) is 0 Å². The minimum Gasteiger partial charge on any atom is -0.511 e. The molecule has 9 nitrogen and oxygen atoms in total. The number of carbonyl (C=O) groups is 3. The Morgan fingerprint density at radius 2 is 1.59 bits per heavy atom. The van der Waals surface area contributed by atoms with Crippen LogP contribution in [0.1, 0.15) is 115 Å². The average Bonchev–Trinajstić information content (AvgIpc) is 2.94. The van der Waals surface area contributed by atoms with Gasteiger partial charge in [-0.25, -0.2) is 0 Å². The third kappa shape index (κ3) is 7.47. The van der Waals surface area contributed by atoms with E-state index in [4.69, 9.17) is 4.74 Å². The van der Waals surface area contributed by atoms with Gasteiger partial charge in [0.15, 0.2) is 17.3 Å². The first-order chi connectivity index (χ1) is 21.3. The van der Waals surface area contributed by atoms with Gasteiger partial charge in [0.25, 0.3) is 0 Å². The molecule has 1 aliphatic carbocycles. The van der Waals surface area contributed by atoms with Crippen LogP contribution in [0.25, 0.3) is 6.08 Å². The van der Waals surface area contributed by atoms with Crippen LogP contribution < -0.4 is 4.74 Å². The van der Waals surface area contributed by atoms with Crippen molar-refractivity contribution in [3.63, 3.8) is 0 Å². The number of aromatic hydroxyl groups is 2. The molecule has 1 aliphatic heterocycles. The minimum absolute atomic E-state index is 0.0191. The van der Waals surface area contributed by atoms with Gasteiger partial charge in [0.05, 0.1) is 16.6 Å². The standard InChI is InChI=1S/C37H48O9/c1-9-12-25(38)27-30(41)23(29(40)22-16-18-36(6,7)46-32(22)27)20-24-31(42)28(26(39)13-10-2)34(44)37(8,33(24)43)19-15-21(3)14-11-17-35(4,5)45/h11,15-18,40-43,45H,9-10,12-14,19-20H2,1-8H3/t37-/m1/s1. The highest BCUT2D eigenvalue weighted by atomic mass is 16.5. The summed E-state index contributed by atoms with van der Waals surface area (Å²) in [5.74, 6) is -3.93. The van der Waals surface area contributed by atoms with Crippen LogP contribution in [0.15, 0.2) is 52.5 Å². The SMILES string of the molecule is CCCC(=O)C1=C(O)C(Cc2c(O)c3c(c(C(=O)CCC)c2O)OC(C)(C)C=C3)=C(O)[C@@](C)(CC=C(C)CC=CC(C)(C)O)C1=O. The zero-order valence-electron chi connectivity index (χ0n) is 28.2. The number of ether oxygens (including phenoxy) is 1. The molecule has 0 amide bonds. The number of rotatable bonds is 13. The van der Waals surface area contributed by atoms with Crippen molar-refractivity contribution in [1.82, 2.24) is 0 Å². The van der Waals surface area contributed by atoms with Crippen LogP contribution in [0.4, 0.5) is 0 Å². The maximum atomic E-state index is 13.9. The Balaban J connectivity index is 2.24. The van der Waals surface area contributed by atoms with Gasteiger partial charge in [0.1, 0.15) is 45.5 Å². The Bertz CT molecular complexity index is 1570. The van der Waals surface area contributed by atoms with Gasteiger partial charge in [-0.1, -0.05) is 37.6 Å². The molecule has 0 bridgehead atoms. The summed E-state index contributed by atoms with van der Waals surface area (Å²) in [6, 6.07) is 0. The van der Waals surface area contributed by atoms with E-state index < -0.39 is 69.0 Å². The van der Waals surface area contributed by atoms with Crippen LogP contribution in [0, 0.1) is 5.41 Å². The molecule has 3 rings (SSSR count). The second-order valence-corrected chi connectivity index (χ2v) is 13.6. The first-order valence-electron chi connectivity index (χ1n) is 15.8. The summed E-state index contributed by atoms with van der Waals surface area (Å²) >= 11 is 0. The van der Waals surface area contributed by atoms with Crippen molar-refractivity contribution in [1.29, 1.82) is 0 Å². The lowest BCUT2D eigenvalue weighted by molar-refractivity contribution is -0.127. The van der Waals surface area contributed by atoms with Gasteiger partial charge in [-0.05, 0) is 79.4 Å². The van der Waals surface area contributed by atoms with Crippen molar-refractivity contribution in [2.24, 2.45) is 5.41 Å². The van der Waals surface area contributed by atoms with Gasteiger partial charge in [-0.15, -0.1) is 0 Å². The second-order valence-electron chi connectivity index (χ2n) is 13.6. The highest BCUT2D eigenvalue weighted by Crippen LogP contribution is 2.50. The van der Waals surface area contributed by atoms with Crippen LogP contribution >= 0.6 is 0 Å². The van der Waals surface area contributed by atoms with Crippen molar-refractivity contribution < 1.29 is 44.7 Å². The van der Waals surface area contributed by atoms with Crippen LogP contribution in [0.3, 0.4) is 0 Å². The normalized spacial score (nSPS) is 19.9. The Hall–Kier alpha value is -4.11. The topological polar surface area (TPSA) is 162 Å². The second kappa shape index (κ2) is 13.7. The van der Waals surface area contributed by atoms with Gasteiger partial charge in [0, 0.05) is 30.4 Å². The number of fused-ring (bicyclic) bond motifs is 1.